The van der Waals surface area contributed by atoms with E-state index in [2.05, 4.69) is 5.10 Å². The maximum Gasteiger partial charge on any atom is 0.223 e. The fourth-order valence-electron chi connectivity index (χ4n) is 1.51. The number of rotatable bonds is 3. The van der Waals surface area contributed by atoms with Crippen molar-refractivity contribution in [2.75, 3.05) is 0 Å². The highest BCUT2D eigenvalue weighted by Crippen LogP contribution is 2.19. The fraction of sp³-hybridized carbons (Fsp3) is 0.182. The molecule has 0 bridgehead atoms. The first-order valence-electron chi connectivity index (χ1n) is 4.98. The molecule has 0 N–H and O–H groups in total. The van der Waals surface area contributed by atoms with E-state index in [9.17, 15) is 8.42 Å². The smallest absolute Gasteiger partial charge is 0.223 e. The van der Waals surface area contributed by atoms with Crippen LogP contribution in [-0.4, -0.2) is 18.2 Å². The van der Waals surface area contributed by atoms with Crippen molar-refractivity contribution in [1.29, 1.82) is 0 Å². The molecule has 0 saturated carbocycles. The summed E-state index contributed by atoms with van der Waals surface area (Å²) in [7, 11) is -3.44. The Morgan fingerprint density at radius 2 is 1.88 bits per heavy atom. The third-order valence-corrected chi connectivity index (χ3v) is 4.10. The van der Waals surface area contributed by atoms with Gasteiger partial charge in [0.1, 0.15) is 0 Å². The van der Waals surface area contributed by atoms with Crippen LogP contribution in [0.5, 0.6) is 0 Å². The summed E-state index contributed by atoms with van der Waals surface area (Å²) in [5.74, 6) is 0. The minimum absolute atomic E-state index is 0.237. The van der Waals surface area contributed by atoms with Crippen LogP contribution in [0.1, 0.15) is 6.92 Å². The summed E-state index contributed by atoms with van der Waals surface area (Å²) in [6, 6.07) is 9.89. The maximum absolute atomic E-state index is 12.2. The van der Waals surface area contributed by atoms with Gasteiger partial charge in [0.15, 0.2) is 5.03 Å². The molecule has 0 amide bonds. The molecule has 1 heterocycles. The Hall–Kier alpha value is -1.62. The van der Waals surface area contributed by atoms with Gasteiger partial charge in [-0.1, -0.05) is 18.2 Å². The van der Waals surface area contributed by atoms with Crippen LogP contribution < -0.4 is 0 Å². The molecule has 16 heavy (non-hydrogen) atoms. The number of nitrogens with zero attached hydrogens (tertiary/aromatic N) is 2. The summed E-state index contributed by atoms with van der Waals surface area (Å²) in [6.45, 7) is 2.39. The molecule has 2 rings (SSSR count). The number of aryl methyl sites for hydroxylation is 1. The monoisotopic (exact) mass is 236 g/mol. The molecule has 0 aliphatic rings. The molecule has 0 unspecified atom stereocenters. The first-order chi connectivity index (χ1) is 7.66. The Morgan fingerprint density at radius 1 is 1.19 bits per heavy atom. The molecule has 2 aromatic rings. The Bertz CT molecular complexity index is 573. The standard InChI is InChI=1S/C11H12N2O2S/c1-2-13-11(8-9-12-13)16(14,15)10-6-4-3-5-7-10/h3-9H,2H2,1H3. The summed E-state index contributed by atoms with van der Waals surface area (Å²) >= 11 is 0. The van der Waals surface area contributed by atoms with Crippen molar-refractivity contribution in [3.05, 3.63) is 42.6 Å². The SMILES string of the molecule is CCn1nccc1S(=O)(=O)c1ccccc1. The van der Waals surface area contributed by atoms with Gasteiger partial charge in [-0.05, 0) is 25.1 Å². The molecular formula is C11H12N2O2S. The van der Waals surface area contributed by atoms with Gasteiger partial charge in [-0.2, -0.15) is 5.10 Å². The van der Waals surface area contributed by atoms with Crippen LogP contribution in [0.2, 0.25) is 0 Å². The lowest BCUT2D eigenvalue weighted by molar-refractivity contribution is 0.554. The van der Waals surface area contributed by atoms with E-state index in [1.807, 2.05) is 6.92 Å². The predicted molar refractivity (Wildman–Crippen MR) is 59.8 cm³/mol. The molecule has 0 aliphatic carbocycles. The number of hydrogen-bond donors (Lipinski definition) is 0. The minimum atomic E-state index is -3.44. The van der Waals surface area contributed by atoms with E-state index in [0.29, 0.717) is 11.4 Å². The molecule has 5 heteroatoms. The van der Waals surface area contributed by atoms with Crippen molar-refractivity contribution in [2.24, 2.45) is 0 Å². The van der Waals surface area contributed by atoms with Crippen LogP contribution in [0.3, 0.4) is 0 Å². The fourth-order valence-corrected chi connectivity index (χ4v) is 2.96. The third kappa shape index (κ3) is 1.74. The zero-order valence-corrected chi connectivity index (χ0v) is 9.68. The molecule has 0 spiro atoms. The highest BCUT2D eigenvalue weighted by atomic mass is 32.2. The second-order valence-electron chi connectivity index (χ2n) is 3.30. The van der Waals surface area contributed by atoms with Crippen LogP contribution in [-0.2, 0) is 16.4 Å². The van der Waals surface area contributed by atoms with Crippen molar-refractivity contribution >= 4 is 9.84 Å². The number of aromatic nitrogens is 2. The highest BCUT2D eigenvalue weighted by molar-refractivity contribution is 7.91. The van der Waals surface area contributed by atoms with Crippen LogP contribution >= 0.6 is 0 Å². The van der Waals surface area contributed by atoms with Gasteiger partial charge >= 0.3 is 0 Å². The molecule has 0 saturated heterocycles. The maximum atomic E-state index is 12.2. The van der Waals surface area contributed by atoms with Gasteiger partial charge in [0.05, 0.1) is 11.1 Å². The van der Waals surface area contributed by atoms with Crippen LogP contribution in [0.4, 0.5) is 0 Å². The van der Waals surface area contributed by atoms with Crippen LogP contribution in [0.25, 0.3) is 0 Å². The van der Waals surface area contributed by atoms with Crippen molar-refractivity contribution in [3.8, 4) is 0 Å². The predicted octanol–water partition coefficient (Wildman–Crippen LogP) is 1.74. The summed E-state index contributed by atoms with van der Waals surface area (Å²) < 4.78 is 25.9. The van der Waals surface area contributed by atoms with E-state index in [-0.39, 0.29) is 5.03 Å². The van der Waals surface area contributed by atoms with E-state index in [0.717, 1.165) is 0 Å². The lowest BCUT2D eigenvalue weighted by atomic mass is 10.4. The average Bonchev–Trinajstić information content (AvgIpc) is 2.79. The lowest BCUT2D eigenvalue weighted by Crippen LogP contribution is -2.10. The molecule has 0 fully saturated rings. The summed E-state index contributed by atoms with van der Waals surface area (Å²) in [5.41, 5.74) is 0. The van der Waals surface area contributed by atoms with Crippen molar-refractivity contribution in [3.63, 3.8) is 0 Å². The molecular weight excluding hydrogens is 224 g/mol. The van der Waals surface area contributed by atoms with Gasteiger partial charge in [0.25, 0.3) is 0 Å². The second kappa shape index (κ2) is 4.09. The normalized spacial score (nSPS) is 11.6. The molecule has 4 nitrogen and oxygen atoms in total. The van der Waals surface area contributed by atoms with E-state index < -0.39 is 9.84 Å². The van der Waals surface area contributed by atoms with Gasteiger partial charge in [-0.25, -0.2) is 8.42 Å². The summed E-state index contributed by atoms with van der Waals surface area (Å²) in [4.78, 5) is 0.296. The summed E-state index contributed by atoms with van der Waals surface area (Å²) in [6.07, 6.45) is 1.50. The first-order valence-corrected chi connectivity index (χ1v) is 6.46. The van der Waals surface area contributed by atoms with Crippen LogP contribution in [0.15, 0.2) is 52.5 Å². The van der Waals surface area contributed by atoms with E-state index >= 15 is 0 Å². The third-order valence-electron chi connectivity index (χ3n) is 2.31. The first kappa shape index (κ1) is 10.9. The molecule has 1 aromatic heterocycles. The van der Waals surface area contributed by atoms with Gasteiger partial charge in [0.2, 0.25) is 9.84 Å². The van der Waals surface area contributed by atoms with E-state index in [1.54, 1.807) is 30.3 Å². The van der Waals surface area contributed by atoms with Gasteiger partial charge in [-0.3, -0.25) is 4.68 Å². The van der Waals surface area contributed by atoms with Gasteiger partial charge < -0.3 is 0 Å². The Morgan fingerprint density at radius 3 is 2.50 bits per heavy atom. The van der Waals surface area contributed by atoms with Gasteiger partial charge in [-0.15, -0.1) is 0 Å². The largest absolute Gasteiger partial charge is 0.254 e. The number of benzene rings is 1. The summed E-state index contributed by atoms with van der Waals surface area (Å²) in [5, 5.41) is 4.20. The Balaban J connectivity index is 2.56. The van der Waals surface area contributed by atoms with Gasteiger partial charge in [0, 0.05) is 6.54 Å². The quantitative estimate of drug-likeness (QED) is 0.815. The molecule has 0 atom stereocenters. The lowest BCUT2D eigenvalue weighted by Gasteiger charge is -2.05. The molecule has 1 aromatic carbocycles. The zero-order chi connectivity index (χ0) is 11.6. The molecule has 84 valence electrons. The average molecular weight is 236 g/mol. The molecule has 0 radical (unpaired) electrons. The van der Waals surface area contributed by atoms with Crippen molar-refractivity contribution < 1.29 is 8.42 Å². The molecule has 0 aliphatic heterocycles. The Labute approximate surface area is 94.5 Å². The van der Waals surface area contributed by atoms with E-state index in [4.69, 9.17) is 0 Å². The van der Waals surface area contributed by atoms with E-state index in [1.165, 1.54) is 16.9 Å². The van der Waals surface area contributed by atoms with Crippen molar-refractivity contribution in [2.45, 2.75) is 23.4 Å². The Kier molecular flexibility index (Phi) is 2.78. The minimum Gasteiger partial charge on any atom is -0.254 e. The zero-order valence-electron chi connectivity index (χ0n) is 8.87. The van der Waals surface area contributed by atoms with Crippen LogP contribution in [0, 0.1) is 0 Å². The number of hydrogen-bond acceptors (Lipinski definition) is 3. The topological polar surface area (TPSA) is 52.0 Å². The second-order valence-corrected chi connectivity index (χ2v) is 5.20. The number of sulfone groups is 1. The van der Waals surface area contributed by atoms with Crippen molar-refractivity contribution in [1.82, 2.24) is 9.78 Å². The highest BCUT2D eigenvalue weighted by Gasteiger charge is 2.20.